The maximum absolute atomic E-state index is 14.9. The SMILES string of the molecule is COc1ccc2c(O[C@@H]3C[C@H]4C(=O)N[C@]5(C(=O)O)CC5CCCCCCC[C@H](NC(=O)N[C@H](CN5CCN(C)S5(=O)=O)C(C)(C)C)C(=O)N4C3)cc(-c3csc(NC(C)C)n3)nc2c1. The van der Waals surface area contributed by atoms with E-state index in [1.807, 2.05) is 46.1 Å². The van der Waals surface area contributed by atoms with Gasteiger partial charge in [0.1, 0.15) is 40.9 Å². The largest absolute Gasteiger partial charge is 0.497 e. The number of ether oxygens (including phenoxy) is 2. The Morgan fingerprint density at radius 3 is 2.45 bits per heavy atom. The maximum atomic E-state index is 14.9. The zero-order chi connectivity index (χ0) is 46.1. The molecule has 64 heavy (non-hydrogen) atoms. The van der Waals surface area contributed by atoms with Crippen molar-refractivity contribution >= 4 is 61.4 Å². The lowest BCUT2D eigenvalue weighted by Gasteiger charge is -2.35. The van der Waals surface area contributed by atoms with Crippen molar-refractivity contribution in [3.63, 3.8) is 0 Å². The van der Waals surface area contributed by atoms with Crippen LogP contribution in [0.1, 0.15) is 92.4 Å². The minimum atomic E-state index is -3.68. The number of benzene rings is 1. The van der Waals surface area contributed by atoms with Crippen LogP contribution in [0.3, 0.4) is 0 Å². The third-order valence-corrected chi connectivity index (χ3v) is 15.6. The Kier molecular flexibility index (Phi) is 14.0. The van der Waals surface area contributed by atoms with Crippen molar-refractivity contribution < 1.29 is 42.2 Å². The van der Waals surface area contributed by atoms with Gasteiger partial charge in [0.05, 0.1) is 24.9 Å². The second kappa shape index (κ2) is 19.0. The van der Waals surface area contributed by atoms with Crippen molar-refractivity contribution in [2.45, 2.75) is 128 Å². The van der Waals surface area contributed by atoms with E-state index in [0.717, 1.165) is 30.8 Å². The first kappa shape index (κ1) is 47.2. The number of aromatic nitrogens is 2. The number of carboxylic acid groups (broad SMARTS) is 1. The number of hydrogen-bond donors (Lipinski definition) is 5. The van der Waals surface area contributed by atoms with E-state index in [0.29, 0.717) is 59.6 Å². The quantitative estimate of drug-likeness (QED) is 0.175. The summed E-state index contributed by atoms with van der Waals surface area (Å²) in [4.78, 5) is 67.2. The fraction of sp³-hybridized carbons (Fsp3) is 0.636. The van der Waals surface area contributed by atoms with Gasteiger partial charge < -0.3 is 40.7 Å². The molecule has 1 aromatic carbocycles. The topological polar surface area (TPSA) is 225 Å². The number of methoxy groups -OCH3 is 1. The van der Waals surface area contributed by atoms with Crippen LogP contribution in [0, 0.1) is 11.3 Å². The zero-order valence-corrected chi connectivity index (χ0v) is 39.4. The number of likely N-dealkylation sites (N-methyl/N-ethyl adjacent to an activating group) is 1. The predicted octanol–water partition coefficient (Wildman–Crippen LogP) is 4.81. The number of hydrogen-bond acceptors (Lipinski definition) is 12. The highest BCUT2D eigenvalue weighted by Crippen LogP contribution is 2.48. The number of urea groups is 1. The summed E-state index contributed by atoms with van der Waals surface area (Å²) in [7, 11) is -0.589. The van der Waals surface area contributed by atoms with Crippen molar-refractivity contribution in [2.24, 2.45) is 11.3 Å². The number of rotatable bonds is 11. The Morgan fingerprint density at radius 1 is 1.05 bits per heavy atom. The molecule has 4 amide bonds. The van der Waals surface area contributed by atoms with Crippen LogP contribution in [-0.2, 0) is 24.6 Å². The molecule has 1 aliphatic carbocycles. The number of amides is 4. The lowest BCUT2D eigenvalue weighted by molar-refractivity contribution is -0.145. The summed E-state index contributed by atoms with van der Waals surface area (Å²) in [5, 5.41) is 25.8. The highest BCUT2D eigenvalue weighted by molar-refractivity contribution is 7.87. The fourth-order valence-electron chi connectivity index (χ4n) is 8.93. The summed E-state index contributed by atoms with van der Waals surface area (Å²) in [6.07, 6.45) is 4.55. The van der Waals surface area contributed by atoms with Gasteiger partial charge in [-0.3, -0.25) is 9.59 Å². The van der Waals surface area contributed by atoms with Crippen LogP contribution in [0.2, 0.25) is 0 Å². The number of carbonyl (C=O) groups is 4. The highest BCUT2D eigenvalue weighted by atomic mass is 32.2. The van der Waals surface area contributed by atoms with Gasteiger partial charge in [-0.1, -0.05) is 52.9 Å². The molecule has 7 rings (SSSR count). The number of nitrogens with zero attached hydrogens (tertiary/aromatic N) is 5. The van der Waals surface area contributed by atoms with Crippen LogP contribution >= 0.6 is 11.3 Å². The molecule has 3 saturated heterocycles. The van der Waals surface area contributed by atoms with Gasteiger partial charge in [-0.25, -0.2) is 19.6 Å². The van der Waals surface area contributed by atoms with Gasteiger partial charge >= 0.3 is 12.0 Å². The van der Waals surface area contributed by atoms with E-state index >= 15 is 0 Å². The van der Waals surface area contributed by atoms with E-state index in [-0.39, 0.29) is 44.4 Å². The molecule has 1 unspecified atom stereocenters. The summed E-state index contributed by atoms with van der Waals surface area (Å²) in [6, 6.07) is 3.98. The maximum Gasteiger partial charge on any atom is 0.329 e. The molecule has 4 fully saturated rings. The number of carbonyl (C=O) groups excluding carboxylic acids is 3. The lowest BCUT2D eigenvalue weighted by Crippen LogP contribution is -2.59. The van der Waals surface area contributed by atoms with Crippen LogP contribution in [0.15, 0.2) is 29.6 Å². The molecule has 18 nitrogen and oxygen atoms in total. The van der Waals surface area contributed by atoms with Crippen LogP contribution in [-0.4, -0.2) is 137 Å². The molecule has 0 radical (unpaired) electrons. The molecule has 2 aromatic heterocycles. The Labute approximate surface area is 379 Å². The molecule has 5 N–H and O–H groups in total. The van der Waals surface area contributed by atoms with E-state index in [1.54, 1.807) is 25.3 Å². The molecular weight excluding hydrogens is 863 g/mol. The van der Waals surface area contributed by atoms with Gasteiger partial charge in [0, 0.05) is 68.1 Å². The Bertz CT molecular complexity index is 2340. The van der Waals surface area contributed by atoms with Crippen molar-refractivity contribution in [1.82, 2.24) is 39.4 Å². The first-order chi connectivity index (χ1) is 30.3. The molecule has 6 atom stereocenters. The molecule has 20 heteroatoms. The van der Waals surface area contributed by atoms with Gasteiger partial charge in [-0.2, -0.15) is 17.0 Å². The summed E-state index contributed by atoms with van der Waals surface area (Å²) >= 11 is 1.45. The highest BCUT2D eigenvalue weighted by Gasteiger charge is 2.62. The number of nitrogens with one attached hydrogen (secondary N) is 4. The summed E-state index contributed by atoms with van der Waals surface area (Å²) in [5.41, 5.74) is -0.218. The van der Waals surface area contributed by atoms with Crippen LogP contribution < -0.4 is 30.7 Å². The van der Waals surface area contributed by atoms with Crippen LogP contribution in [0.4, 0.5) is 9.93 Å². The first-order valence-corrected chi connectivity index (χ1v) is 24.6. The Morgan fingerprint density at radius 2 is 1.78 bits per heavy atom. The van der Waals surface area contributed by atoms with E-state index in [2.05, 4.69) is 21.3 Å². The number of thiazole rings is 1. The first-order valence-electron chi connectivity index (χ1n) is 22.3. The summed E-state index contributed by atoms with van der Waals surface area (Å²) in [6.45, 7) is 10.4. The van der Waals surface area contributed by atoms with Crippen LogP contribution in [0.25, 0.3) is 22.3 Å². The molecular formula is C44H63N9O9S2. The average Bonchev–Trinajstić information content (AvgIpc) is 3.46. The third kappa shape index (κ3) is 10.3. The van der Waals surface area contributed by atoms with Gasteiger partial charge in [-0.15, -0.1) is 11.3 Å². The normalized spacial score (nSPS) is 26.3. The van der Waals surface area contributed by atoms with E-state index in [9.17, 15) is 32.7 Å². The monoisotopic (exact) mass is 925 g/mol. The Balaban J connectivity index is 1.19. The number of anilines is 1. The number of pyridine rings is 1. The molecule has 5 heterocycles. The molecule has 0 bridgehead atoms. The van der Waals surface area contributed by atoms with Crippen molar-refractivity contribution in [2.75, 3.05) is 45.7 Å². The summed E-state index contributed by atoms with van der Waals surface area (Å²) in [5.74, 6) is -1.37. The predicted molar refractivity (Wildman–Crippen MR) is 243 cm³/mol. The number of fused-ring (bicyclic) bond motifs is 3. The fourth-order valence-corrected chi connectivity index (χ4v) is 11.1. The van der Waals surface area contributed by atoms with Gasteiger partial charge in [0.25, 0.3) is 10.2 Å². The minimum absolute atomic E-state index is 0.0281. The minimum Gasteiger partial charge on any atom is -0.497 e. The van der Waals surface area contributed by atoms with Crippen LogP contribution in [0.5, 0.6) is 11.5 Å². The number of aliphatic carboxylic acids is 1. The van der Waals surface area contributed by atoms with E-state index < -0.39 is 69.2 Å². The van der Waals surface area contributed by atoms with Crippen molar-refractivity contribution in [3.05, 3.63) is 29.6 Å². The smallest absolute Gasteiger partial charge is 0.329 e. The molecule has 350 valence electrons. The van der Waals surface area contributed by atoms with Crippen molar-refractivity contribution in [3.8, 4) is 22.9 Å². The molecule has 3 aliphatic heterocycles. The lowest BCUT2D eigenvalue weighted by atomic mass is 9.86. The third-order valence-electron chi connectivity index (χ3n) is 12.9. The molecule has 4 aliphatic rings. The second-order valence-electron chi connectivity index (χ2n) is 19.0. The summed E-state index contributed by atoms with van der Waals surface area (Å²) < 4.78 is 40.9. The van der Waals surface area contributed by atoms with Crippen molar-refractivity contribution in [1.29, 1.82) is 0 Å². The molecule has 0 spiro atoms. The zero-order valence-electron chi connectivity index (χ0n) is 37.8. The number of carboxylic acids is 1. The molecule has 1 saturated carbocycles. The van der Waals surface area contributed by atoms with Gasteiger partial charge in [0.15, 0.2) is 5.13 Å². The second-order valence-corrected chi connectivity index (χ2v) is 21.9. The molecule has 3 aromatic rings. The van der Waals surface area contributed by atoms with Gasteiger partial charge in [0.2, 0.25) is 11.8 Å². The standard InChI is InChI=1S/C44H63N9O9S2/c1-26(2)45-42-48-34(25-63-42)33-21-36(30-16-15-28(61-7)19-32(30)46-33)62-29-20-35-38(54)50-44(40(56)57)22-27(44)13-11-9-8-10-12-14-31(39(55)53(35)23-29)47-41(58)49-37(43(3,4)5)24-52-18-17-51(6)64(52,59)60/h15-16,19,21,25-27,29,31,35,37H,8-14,17-18,20,22-24H2,1-7H3,(H,45,48)(H,50,54)(H,56,57)(H2,47,49,58)/t27?,29-,31+,35+,37-,44-/m1/s1. The van der Waals surface area contributed by atoms with Gasteiger partial charge in [-0.05, 0) is 56.6 Å². The van der Waals surface area contributed by atoms with E-state index in [4.69, 9.17) is 19.4 Å². The van der Waals surface area contributed by atoms with E-state index in [1.165, 1.54) is 31.9 Å². The average molecular weight is 926 g/mol. The Hall–Kier alpha value is -4.79.